The third-order valence-electron chi connectivity index (χ3n) is 3.94. The molecule has 96 valence electrons. The number of benzene rings is 1. The molecule has 2 aliphatic rings. The molecule has 1 aromatic rings. The van der Waals surface area contributed by atoms with Crippen LogP contribution in [-0.4, -0.2) is 24.0 Å². The summed E-state index contributed by atoms with van der Waals surface area (Å²) in [6, 6.07) is 4.32. The molecule has 0 spiro atoms. The molecule has 0 N–H and O–H groups in total. The second kappa shape index (κ2) is 4.68. The summed E-state index contributed by atoms with van der Waals surface area (Å²) in [5.74, 6) is 0.430. The predicted octanol–water partition coefficient (Wildman–Crippen LogP) is 3.62. The molecule has 1 unspecified atom stereocenters. The van der Waals surface area contributed by atoms with Crippen LogP contribution in [0.15, 0.2) is 36.1 Å². The summed E-state index contributed by atoms with van der Waals surface area (Å²) in [6.07, 6.45) is 6.58. The van der Waals surface area contributed by atoms with Crippen LogP contribution >= 0.6 is 11.6 Å². The first-order valence-corrected chi connectivity index (χ1v) is 7.04. The minimum absolute atomic E-state index is 0.430. The van der Waals surface area contributed by atoms with Crippen LogP contribution in [0.2, 0.25) is 5.02 Å². The molecule has 0 saturated heterocycles. The molecule has 2 aliphatic heterocycles. The van der Waals surface area contributed by atoms with Crippen LogP contribution in [0, 0.1) is 13.8 Å². The van der Waals surface area contributed by atoms with Gasteiger partial charge in [0, 0.05) is 0 Å². The van der Waals surface area contributed by atoms with Crippen molar-refractivity contribution in [1.29, 1.82) is 0 Å². The van der Waals surface area contributed by atoms with E-state index in [0.29, 0.717) is 5.82 Å². The fourth-order valence-electron chi connectivity index (χ4n) is 2.87. The number of fused-ring (bicyclic) bond motifs is 1. The van der Waals surface area contributed by atoms with Crippen LogP contribution < -0.4 is 0 Å². The van der Waals surface area contributed by atoms with Gasteiger partial charge in [0.05, 0.1) is 0 Å². The van der Waals surface area contributed by atoms with Gasteiger partial charge in [-0.3, -0.25) is 0 Å². The molecule has 0 radical (unpaired) electrons. The van der Waals surface area contributed by atoms with Crippen molar-refractivity contribution in [3.63, 3.8) is 0 Å². The molecule has 1 nitrogen and oxygen atoms in total. The van der Waals surface area contributed by atoms with Crippen LogP contribution in [0.1, 0.15) is 29.4 Å². The van der Waals surface area contributed by atoms with Gasteiger partial charge in [0.2, 0.25) is 0 Å². The van der Waals surface area contributed by atoms with Gasteiger partial charge in [-0.25, -0.2) is 0 Å². The zero-order valence-corrected chi connectivity index (χ0v) is 12.3. The number of nitrogens with zero attached hydrogens (tertiary/aromatic N) is 1. The second-order valence-electron chi connectivity index (χ2n) is 5.51. The molecule has 0 fully saturated rings. The topological polar surface area (TPSA) is 3.24 Å². The summed E-state index contributed by atoms with van der Waals surface area (Å²) in [7, 11) is 0. The predicted molar refractivity (Wildman–Crippen MR) is 84.0 cm³/mol. The van der Waals surface area contributed by atoms with Crippen LogP contribution in [0.5, 0.6) is 0 Å². The van der Waals surface area contributed by atoms with E-state index in [1.54, 1.807) is 0 Å². The number of hydrogen-bond acceptors (Lipinski definition) is 1. The number of allylic oxidation sites excluding steroid dienone is 2. The second-order valence-corrected chi connectivity index (χ2v) is 5.92. The third kappa shape index (κ3) is 2.30. The fourth-order valence-corrected chi connectivity index (χ4v) is 3.04. The van der Waals surface area contributed by atoms with Gasteiger partial charge in [-0.15, -0.1) is 0 Å². The zero-order valence-electron chi connectivity index (χ0n) is 11.6. The quantitative estimate of drug-likeness (QED) is 0.704. The Kier molecular flexibility index (Phi) is 3.14. The van der Waals surface area contributed by atoms with Gasteiger partial charge in [0.1, 0.15) is 0 Å². The molecule has 0 aliphatic carbocycles. The van der Waals surface area contributed by atoms with E-state index in [2.05, 4.69) is 63.1 Å². The SMILES string of the molecule is CC1=CC2=BC(c3cc(Cl)c(C)cc3C)CN2C=C1. The van der Waals surface area contributed by atoms with Crippen molar-refractivity contribution in [2.75, 3.05) is 6.54 Å². The van der Waals surface area contributed by atoms with Crippen LogP contribution in [0.4, 0.5) is 0 Å². The maximum absolute atomic E-state index is 6.28. The number of rotatable bonds is 1. The summed E-state index contributed by atoms with van der Waals surface area (Å²) in [5.41, 5.74) is 6.44. The molecular formula is C16H17BClN. The Balaban J connectivity index is 1.98. The van der Waals surface area contributed by atoms with Crippen LogP contribution in [0.25, 0.3) is 0 Å². The first kappa shape index (κ1) is 12.7. The summed E-state index contributed by atoms with van der Waals surface area (Å²) in [4.78, 5) is 2.31. The first-order chi connectivity index (χ1) is 9.04. The number of halogens is 1. The van der Waals surface area contributed by atoms with Crippen LogP contribution in [-0.2, 0) is 0 Å². The Morgan fingerprint density at radius 1 is 1.21 bits per heavy atom. The average Bonchev–Trinajstić information content (AvgIpc) is 2.76. The molecule has 3 heteroatoms. The average molecular weight is 270 g/mol. The zero-order chi connectivity index (χ0) is 13.6. The van der Waals surface area contributed by atoms with Gasteiger partial charge in [-0.2, -0.15) is 0 Å². The Bertz CT molecular complexity index is 628. The van der Waals surface area contributed by atoms with E-state index in [1.807, 2.05) is 0 Å². The van der Waals surface area contributed by atoms with E-state index in [-0.39, 0.29) is 0 Å². The van der Waals surface area contributed by atoms with E-state index >= 15 is 0 Å². The first-order valence-electron chi connectivity index (χ1n) is 6.66. The van der Waals surface area contributed by atoms with Crippen LogP contribution in [0.3, 0.4) is 0 Å². The monoisotopic (exact) mass is 269 g/mol. The normalized spacial score (nSPS) is 20.8. The van der Waals surface area contributed by atoms with Gasteiger partial charge < -0.3 is 0 Å². The fraction of sp³-hybridized carbons (Fsp3) is 0.312. The molecule has 1 aromatic carbocycles. The third-order valence-corrected chi connectivity index (χ3v) is 4.34. The van der Waals surface area contributed by atoms with Gasteiger partial charge in [-0.1, -0.05) is 0 Å². The van der Waals surface area contributed by atoms with Gasteiger partial charge in [0.25, 0.3) is 0 Å². The molecule has 19 heavy (non-hydrogen) atoms. The maximum atomic E-state index is 6.28. The summed E-state index contributed by atoms with van der Waals surface area (Å²) < 4.78 is 0. The summed E-state index contributed by atoms with van der Waals surface area (Å²) in [5, 5.41) is 0.867. The standard InChI is InChI=1S/C16H17BClN/c1-10-4-5-19-9-14(17-16(19)6-10)13-8-15(18)12(3)7-11(13)2/h4-8,14H,9H2,1-3H3. The van der Waals surface area contributed by atoms with Crippen molar-refractivity contribution in [2.45, 2.75) is 26.6 Å². The van der Waals surface area contributed by atoms with Crippen molar-refractivity contribution in [2.24, 2.45) is 0 Å². The van der Waals surface area contributed by atoms with Crippen molar-refractivity contribution >= 4 is 24.1 Å². The van der Waals surface area contributed by atoms with E-state index in [4.69, 9.17) is 11.6 Å². The Hall–Kier alpha value is -1.28. The molecular weight excluding hydrogens is 252 g/mol. The van der Waals surface area contributed by atoms with Gasteiger partial charge in [0.15, 0.2) is 0 Å². The van der Waals surface area contributed by atoms with E-state index in [0.717, 1.165) is 17.1 Å². The van der Waals surface area contributed by atoms with E-state index < -0.39 is 0 Å². The summed E-state index contributed by atoms with van der Waals surface area (Å²) >= 11 is 6.28. The van der Waals surface area contributed by atoms with Gasteiger partial charge in [-0.05, 0) is 0 Å². The van der Waals surface area contributed by atoms with Crippen molar-refractivity contribution in [3.05, 3.63) is 57.8 Å². The minimum atomic E-state index is 0.430. The molecule has 3 rings (SSSR count). The Morgan fingerprint density at radius 3 is 2.79 bits per heavy atom. The molecule has 2 heterocycles. The molecule has 0 saturated carbocycles. The number of aryl methyl sites for hydroxylation is 2. The Labute approximate surface area is 120 Å². The van der Waals surface area contributed by atoms with Crippen molar-refractivity contribution in [1.82, 2.24) is 4.90 Å². The molecule has 0 aromatic heterocycles. The molecule has 0 amide bonds. The van der Waals surface area contributed by atoms with Gasteiger partial charge >= 0.3 is 120 Å². The summed E-state index contributed by atoms with van der Waals surface area (Å²) in [6.45, 7) is 9.72. The van der Waals surface area contributed by atoms with Crippen molar-refractivity contribution < 1.29 is 0 Å². The Morgan fingerprint density at radius 2 is 2.00 bits per heavy atom. The molecule has 1 atom stereocenters. The van der Waals surface area contributed by atoms with E-state index in [9.17, 15) is 0 Å². The van der Waals surface area contributed by atoms with E-state index in [1.165, 1.54) is 22.3 Å². The molecule has 0 bridgehead atoms. The number of hydrogen-bond donors (Lipinski definition) is 0. The van der Waals surface area contributed by atoms with Crippen molar-refractivity contribution in [3.8, 4) is 0 Å².